The lowest BCUT2D eigenvalue weighted by Gasteiger charge is -2.29. The lowest BCUT2D eigenvalue weighted by molar-refractivity contribution is -0.126. The summed E-state index contributed by atoms with van der Waals surface area (Å²) in [5.41, 5.74) is 1.93. The van der Waals surface area contributed by atoms with Crippen molar-refractivity contribution in [3.63, 3.8) is 0 Å². The summed E-state index contributed by atoms with van der Waals surface area (Å²) < 4.78 is 0. The van der Waals surface area contributed by atoms with Crippen LogP contribution in [0.25, 0.3) is 0 Å². The molecule has 0 radical (unpaired) electrons. The van der Waals surface area contributed by atoms with Gasteiger partial charge in [-0.15, -0.1) is 0 Å². The molecule has 1 N–H and O–H groups in total. The minimum absolute atomic E-state index is 0.000167. The van der Waals surface area contributed by atoms with Gasteiger partial charge in [-0.25, -0.2) is 0 Å². The number of carbonyl (C=O) groups excluding carboxylic acids is 1. The van der Waals surface area contributed by atoms with Crippen molar-refractivity contribution in [2.45, 2.75) is 26.4 Å². The van der Waals surface area contributed by atoms with Crippen molar-refractivity contribution in [2.75, 3.05) is 13.1 Å². The van der Waals surface area contributed by atoms with Crippen LogP contribution < -0.4 is 5.32 Å². The molecule has 0 fully saturated rings. The van der Waals surface area contributed by atoms with Crippen LogP contribution in [0, 0.1) is 0 Å². The Balaban J connectivity index is 2.15. The van der Waals surface area contributed by atoms with E-state index < -0.39 is 0 Å². The number of carbonyl (C=O) groups is 1. The summed E-state index contributed by atoms with van der Waals surface area (Å²) in [4.78, 5) is 14.9. The average Bonchev–Trinajstić information content (AvgIpc) is 2.59. The standard InChI is InChI=1S/C19H23ClN2O/c1-3-22(4-2)18(15-10-6-5-7-11-15)19(23)21-14-16-12-8-9-13-17(16)20/h5-13,18H,3-4,14H2,1-2H3,(H,21,23). The van der Waals surface area contributed by atoms with Gasteiger partial charge >= 0.3 is 0 Å². The molecule has 0 bridgehead atoms. The quantitative estimate of drug-likeness (QED) is 0.831. The number of rotatable bonds is 7. The molecule has 0 spiro atoms. The summed E-state index contributed by atoms with van der Waals surface area (Å²) in [5, 5.41) is 3.70. The second-order valence-corrected chi connectivity index (χ2v) is 5.75. The van der Waals surface area contributed by atoms with E-state index in [0.29, 0.717) is 11.6 Å². The molecule has 1 atom stereocenters. The van der Waals surface area contributed by atoms with Gasteiger partial charge in [0.1, 0.15) is 6.04 Å². The van der Waals surface area contributed by atoms with E-state index in [4.69, 9.17) is 11.6 Å². The van der Waals surface area contributed by atoms with E-state index in [1.165, 1.54) is 0 Å². The molecule has 1 unspecified atom stereocenters. The highest BCUT2D eigenvalue weighted by Gasteiger charge is 2.25. The zero-order valence-electron chi connectivity index (χ0n) is 13.6. The Kier molecular flexibility index (Phi) is 6.63. The van der Waals surface area contributed by atoms with Crippen molar-refractivity contribution in [1.82, 2.24) is 10.2 Å². The van der Waals surface area contributed by atoms with Crippen LogP contribution >= 0.6 is 11.6 Å². The highest BCUT2D eigenvalue weighted by molar-refractivity contribution is 6.31. The fourth-order valence-electron chi connectivity index (χ4n) is 2.67. The molecular formula is C19H23ClN2O. The lowest BCUT2D eigenvalue weighted by Crippen LogP contribution is -2.40. The van der Waals surface area contributed by atoms with Gasteiger partial charge in [-0.3, -0.25) is 9.69 Å². The molecule has 0 saturated carbocycles. The molecule has 23 heavy (non-hydrogen) atoms. The van der Waals surface area contributed by atoms with Gasteiger partial charge in [0.25, 0.3) is 0 Å². The SMILES string of the molecule is CCN(CC)C(C(=O)NCc1ccccc1Cl)c1ccccc1. The summed E-state index contributed by atoms with van der Waals surface area (Å²) in [6, 6.07) is 17.2. The highest BCUT2D eigenvalue weighted by atomic mass is 35.5. The van der Waals surface area contributed by atoms with E-state index in [9.17, 15) is 4.79 Å². The minimum Gasteiger partial charge on any atom is -0.350 e. The molecule has 1 amide bonds. The second kappa shape index (κ2) is 8.70. The number of likely N-dealkylation sites (N-methyl/N-ethyl adjacent to an activating group) is 1. The normalized spacial score (nSPS) is 12.2. The Labute approximate surface area is 143 Å². The maximum Gasteiger partial charge on any atom is 0.242 e. The van der Waals surface area contributed by atoms with Crippen molar-refractivity contribution in [3.05, 3.63) is 70.7 Å². The van der Waals surface area contributed by atoms with Gasteiger partial charge in [0.2, 0.25) is 5.91 Å². The molecule has 122 valence electrons. The van der Waals surface area contributed by atoms with E-state index in [2.05, 4.69) is 24.1 Å². The third-order valence-corrected chi connectivity index (χ3v) is 4.32. The Morgan fingerprint density at radius 3 is 2.26 bits per heavy atom. The van der Waals surface area contributed by atoms with Crippen LogP contribution in [0.1, 0.15) is 31.0 Å². The summed E-state index contributed by atoms with van der Waals surface area (Å²) in [6.45, 7) is 6.20. The second-order valence-electron chi connectivity index (χ2n) is 5.34. The first-order valence-corrected chi connectivity index (χ1v) is 8.35. The smallest absolute Gasteiger partial charge is 0.242 e. The maximum absolute atomic E-state index is 12.8. The van der Waals surface area contributed by atoms with Crippen LogP contribution in [0.15, 0.2) is 54.6 Å². The van der Waals surface area contributed by atoms with Gasteiger partial charge in [-0.2, -0.15) is 0 Å². The van der Waals surface area contributed by atoms with E-state index in [0.717, 1.165) is 24.2 Å². The number of hydrogen-bond acceptors (Lipinski definition) is 2. The Morgan fingerprint density at radius 1 is 1.04 bits per heavy atom. The van der Waals surface area contributed by atoms with Crippen LogP contribution in [0.3, 0.4) is 0 Å². The first kappa shape index (κ1) is 17.5. The van der Waals surface area contributed by atoms with Gasteiger partial charge in [-0.05, 0) is 30.3 Å². The molecule has 3 nitrogen and oxygen atoms in total. The van der Waals surface area contributed by atoms with Crippen molar-refractivity contribution in [2.24, 2.45) is 0 Å². The van der Waals surface area contributed by atoms with Gasteiger partial charge in [0.15, 0.2) is 0 Å². The molecule has 0 heterocycles. The highest BCUT2D eigenvalue weighted by Crippen LogP contribution is 2.21. The number of benzene rings is 2. The van der Waals surface area contributed by atoms with Crippen LogP contribution in [-0.2, 0) is 11.3 Å². The molecule has 2 aromatic rings. The fourth-order valence-corrected chi connectivity index (χ4v) is 2.88. The lowest BCUT2D eigenvalue weighted by atomic mass is 10.0. The van der Waals surface area contributed by atoms with Crippen LogP contribution in [0.4, 0.5) is 0 Å². The predicted molar refractivity (Wildman–Crippen MR) is 95.4 cm³/mol. The van der Waals surface area contributed by atoms with Gasteiger partial charge in [-0.1, -0.05) is 74.0 Å². The van der Waals surface area contributed by atoms with E-state index >= 15 is 0 Å². The summed E-state index contributed by atoms with van der Waals surface area (Å²) in [7, 11) is 0. The van der Waals surface area contributed by atoms with Crippen molar-refractivity contribution >= 4 is 17.5 Å². The molecular weight excluding hydrogens is 308 g/mol. The van der Waals surface area contributed by atoms with Crippen molar-refractivity contribution in [3.8, 4) is 0 Å². The van der Waals surface area contributed by atoms with Gasteiger partial charge in [0.05, 0.1) is 0 Å². The van der Waals surface area contributed by atoms with E-state index in [1.54, 1.807) is 0 Å². The van der Waals surface area contributed by atoms with Crippen molar-refractivity contribution < 1.29 is 4.79 Å². The Hall–Kier alpha value is -1.84. The zero-order valence-corrected chi connectivity index (χ0v) is 14.4. The number of hydrogen-bond donors (Lipinski definition) is 1. The number of nitrogens with one attached hydrogen (secondary N) is 1. The Bertz CT molecular complexity index is 626. The number of nitrogens with zero attached hydrogens (tertiary/aromatic N) is 1. The molecule has 0 aliphatic rings. The molecule has 4 heteroatoms. The van der Waals surface area contributed by atoms with E-state index in [-0.39, 0.29) is 11.9 Å². The summed E-state index contributed by atoms with van der Waals surface area (Å²) in [6.07, 6.45) is 0. The predicted octanol–water partition coefficient (Wildman–Crippen LogP) is 4.04. The molecule has 2 rings (SSSR count). The largest absolute Gasteiger partial charge is 0.350 e. The van der Waals surface area contributed by atoms with Crippen LogP contribution in [0.2, 0.25) is 5.02 Å². The van der Waals surface area contributed by atoms with Gasteiger partial charge in [0, 0.05) is 11.6 Å². The molecule has 2 aromatic carbocycles. The third-order valence-electron chi connectivity index (χ3n) is 3.95. The average molecular weight is 331 g/mol. The van der Waals surface area contributed by atoms with Crippen LogP contribution in [0.5, 0.6) is 0 Å². The number of amides is 1. The maximum atomic E-state index is 12.8. The summed E-state index contributed by atoms with van der Waals surface area (Å²) in [5.74, 6) is -0.000167. The number of halogens is 1. The van der Waals surface area contributed by atoms with Crippen LogP contribution in [-0.4, -0.2) is 23.9 Å². The minimum atomic E-state index is -0.284. The van der Waals surface area contributed by atoms with Gasteiger partial charge < -0.3 is 5.32 Å². The molecule has 0 aliphatic heterocycles. The fraction of sp³-hybridized carbons (Fsp3) is 0.316. The first-order chi connectivity index (χ1) is 11.2. The van der Waals surface area contributed by atoms with E-state index in [1.807, 2.05) is 54.6 Å². The zero-order chi connectivity index (χ0) is 16.7. The first-order valence-electron chi connectivity index (χ1n) is 7.97. The monoisotopic (exact) mass is 330 g/mol. The molecule has 0 saturated heterocycles. The topological polar surface area (TPSA) is 32.3 Å². The summed E-state index contributed by atoms with van der Waals surface area (Å²) >= 11 is 6.16. The molecule has 0 aromatic heterocycles. The molecule has 0 aliphatic carbocycles. The van der Waals surface area contributed by atoms with Crippen molar-refractivity contribution in [1.29, 1.82) is 0 Å². The third kappa shape index (κ3) is 4.57. The Morgan fingerprint density at radius 2 is 1.65 bits per heavy atom.